The van der Waals surface area contributed by atoms with Gasteiger partial charge in [-0.3, -0.25) is 0 Å². The molecular weight excluding hydrogens is 272 g/mol. The fourth-order valence-electron chi connectivity index (χ4n) is 1.58. The van der Waals surface area contributed by atoms with E-state index in [1.54, 1.807) is 36.4 Å². The van der Waals surface area contributed by atoms with Crippen molar-refractivity contribution in [3.05, 3.63) is 71.8 Å². The van der Waals surface area contributed by atoms with Crippen LogP contribution in [0.2, 0.25) is 0 Å². The van der Waals surface area contributed by atoms with Gasteiger partial charge in [-0.1, -0.05) is 36.4 Å². The van der Waals surface area contributed by atoms with Gasteiger partial charge in [0, 0.05) is 11.9 Å². The molecule has 0 saturated carbocycles. The van der Waals surface area contributed by atoms with Crippen LogP contribution in [0.15, 0.2) is 76.7 Å². The molecule has 0 spiro atoms. The van der Waals surface area contributed by atoms with E-state index in [2.05, 4.69) is 5.32 Å². The molecule has 2 aromatic rings. The lowest BCUT2D eigenvalue weighted by molar-refractivity contribution is 0.603. The number of hydrogen-bond acceptors (Lipinski definition) is 4. The Morgan fingerprint density at radius 2 is 1.55 bits per heavy atom. The molecule has 2 aromatic carbocycles. The number of benzene rings is 2. The van der Waals surface area contributed by atoms with Crippen molar-refractivity contribution < 1.29 is 8.42 Å². The van der Waals surface area contributed by atoms with Crippen molar-refractivity contribution in [3.8, 4) is 6.07 Å². The molecular formula is C15H12N2O2S. The van der Waals surface area contributed by atoms with Gasteiger partial charge in [-0.05, 0) is 24.3 Å². The van der Waals surface area contributed by atoms with Crippen molar-refractivity contribution in [1.82, 2.24) is 0 Å². The Balaban J connectivity index is 2.31. The first-order valence-electron chi connectivity index (χ1n) is 5.86. The molecule has 20 heavy (non-hydrogen) atoms. The molecule has 0 aliphatic carbocycles. The number of nitriles is 1. The smallest absolute Gasteiger partial charge is 0.218 e. The fourth-order valence-corrected chi connectivity index (χ4v) is 2.68. The molecule has 5 heteroatoms. The number of anilines is 1. The van der Waals surface area contributed by atoms with Crippen LogP contribution in [0.5, 0.6) is 0 Å². The van der Waals surface area contributed by atoms with Gasteiger partial charge in [-0.15, -0.1) is 0 Å². The molecule has 0 bridgehead atoms. The Morgan fingerprint density at radius 1 is 1.00 bits per heavy atom. The number of hydrogen-bond donors (Lipinski definition) is 1. The van der Waals surface area contributed by atoms with Gasteiger partial charge >= 0.3 is 0 Å². The summed E-state index contributed by atoms with van der Waals surface area (Å²) in [5.41, 5.74) is 0.712. The van der Waals surface area contributed by atoms with Crippen molar-refractivity contribution in [1.29, 1.82) is 5.26 Å². The molecule has 0 aromatic heterocycles. The largest absolute Gasteiger partial charge is 0.360 e. The molecule has 4 nitrogen and oxygen atoms in total. The highest BCUT2D eigenvalue weighted by Gasteiger charge is 2.20. The van der Waals surface area contributed by atoms with E-state index in [0.29, 0.717) is 5.69 Å². The molecule has 0 unspecified atom stereocenters. The molecule has 100 valence electrons. The summed E-state index contributed by atoms with van der Waals surface area (Å²) < 4.78 is 24.5. The second-order valence-electron chi connectivity index (χ2n) is 3.95. The molecule has 0 heterocycles. The van der Waals surface area contributed by atoms with Gasteiger partial charge in [0.2, 0.25) is 9.84 Å². The van der Waals surface area contributed by atoms with E-state index >= 15 is 0 Å². The van der Waals surface area contributed by atoms with E-state index in [0.717, 1.165) is 0 Å². The molecule has 0 atom stereocenters. The highest BCUT2D eigenvalue weighted by Crippen LogP contribution is 2.18. The topological polar surface area (TPSA) is 70.0 Å². The number of rotatable bonds is 4. The predicted octanol–water partition coefficient (Wildman–Crippen LogP) is 2.94. The van der Waals surface area contributed by atoms with Crippen LogP contribution in [0.4, 0.5) is 5.69 Å². The summed E-state index contributed by atoms with van der Waals surface area (Å²) in [4.78, 5) is -0.227. The van der Waals surface area contributed by atoms with Crippen molar-refractivity contribution in [2.75, 3.05) is 5.32 Å². The molecule has 0 fully saturated rings. The molecule has 0 aliphatic heterocycles. The molecule has 0 saturated heterocycles. The monoisotopic (exact) mass is 284 g/mol. The van der Waals surface area contributed by atoms with Gasteiger partial charge in [0.15, 0.2) is 4.91 Å². The molecule has 0 aliphatic rings. The maximum Gasteiger partial charge on any atom is 0.218 e. The minimum atomic E-state index is -3.78. The first kappa shape index (κ1) is 13.8. The highest BCUT2D eigenvalue weighted by atomic mass is 32.2. The first-order valence-corrected chi connectivity index (χ1v) is 7.35. The van der Waals surface area contributed by atoms with Crippen LogP contribution in [-0.2, 0) is 9.84 Å². The summed E-state index contributed by atoms with van der Waals surface area (Å²) in [6.45, 7) is 0. The third-order valence-corrected chi connectivity index (χ3v) is 4.28. The van der Waals surface area contributed by atoms with E-state index in [1.165, 1.54) is 18.3 Å². The standard InChI is InChI=1S/C15H12N2O2S/c16-11-15(12-17-13-7-3-1-4-8-13)20(18,19)14-9-5-2-6-10-14/h1-10,12,17H. The fraction of sp³-hybridized carbons (Fsp3) is 0. The summed E-state index contributed by atoms with van der Waals surface area (Å²) in [6.07, 6.45) is 1.21. The Kier molecular flexibility index (Phi) is 4.18. The average molecular weight is 284 g/mol. The summed E-state index contributed by atoms with van der Waals surface area (Å²) in [7, 11) is -3.78. The van der Waals surface area contributed by atoms with Crippen molar-refractivity contribution in [3.63, 3.8) is 0 Å². The number of sulfone groups is 1. The van der Waals surface area contributed by atoms with E-state index < -0.39 is 9.84 Å². The van der Waals surface area contributed by atoms with Gasteiger partial charge in [0.25, 0.3) is 0 Å². The van der Waals surface area contributed by atoms with Gasteiger partial charge in [0.1, 0.15) is 6.07 Å². The lowest BCUT2D eigenvalue weighted by atomic mass is 10.3. The SMILES string of the molecule is N#CC(=CNc1ccccc1)S(=O)(=O)c1ccccc1. The van der Waals surface area contributed by atoms with Gasteiger partial charge < -0.3 is 5.32 Å². The summed E-state index contributed by atoms with van der Waals surface area (Å²) >= 11 is 0. The summed E-state index contributed by atoms with van der Waals surface area (Å²) in [6, 6.07) is 18.6. The minimum absolute atomic E-state index is 0.0997. The van der Waals surface area contributed by atoms with Gasteiger partial charge in [0.05, 0.1) is 4.90 Å². The van der Waals surface area contributed by atoms with Crippen molar-refractivity contribution in [2.45, 2.75) is 4.90 Å². The zero-order valence-electron chi connectivity index (χ0n) is 10.5. The maximum absolute atomic E-state index is 12.3. The quantitative estimate of drug-likeness (QED) is 0.876. The zero-order chi connectivity index (χ0) is 14.4. The number of para-hydroxylation sites is 1. The third kappa shape index (κ3) is 3.05. The number of allylic oxidation sites excluding steroid dienone is 1. The van der Waals surface area contributed by atoms with Crippen molar-refractivity contribution in [2.24, 2.45) is 0 Å². The van der Waals surface area contributed by atoms with Gasteiger partial charge in [-0.25, -0.2) is 8.42 Å². The maximum atomic E-state index is 12.3. The average Bonchev–Trinajstić information content (AvgIpc) is 2.49. The third-order valence-electron chi connectivity index (χ3n) is 2.60. The van der Waals surface area contributed by atoms with Crippen LogP contribution in [-0.4, -0.2) is 8.42 Å². The Morgan fingerprint density at radius 3 is 2.10 bits per heavy atom. The Labute approximate surface area is 117 Å². The first-order chi connectivity index (χ1) is 9.64. The molecule has 0 amide bonds. The Bertz CT molecular complexity index is 745. The summed E-state index contributed by atoms with van der Waals surface area (Å²) in [5.74, 6) is 0. The van der Waals surface area contributed by atoms with Crippen LogP contribution in [0.1, 0.15) is 0 Å². The van der Waals surface area contributed by atoms with E-state index in [-0.39, 0.29) is 9.80 Å². The van der Waals surface area contributed by atoms with E-state index in [9.17, 15) is 8.42 Å². The van der Waals surface area contributed by atoms with E-state index in [1.807, 2.05) is 18.2 Å². The second-order valence-corrected chi connectivity index (χ2v) is 5.87. The molecule has 0 radical (unpaired) electrons. The molecule has 1 N–H and O–H groups in total. The van der Waals surface area contributed by atoms with E-state index in [4.69, 9.17) is 5.26 Å². The lowest BCUT2D eigenvalue weighted by Crippen LogP contribution is -2.05. The number of nitrogens with zero attached hydrogens (tertiary/aromatic N) is 1. The van der Waals surface area contributed by atoms with Crippen LogP contribution >= 0.6 is 0 Å². The highest BCUT2D eigenvalue weighted by molar-refractivity contribution is 7.95. The Hall–Kier alpha value is -2.58. The van der Waals surface area contributed by atoms with Crippen LogP contribution < -0.4 is 5.32 Å². The lowest BCUT2D eigenvalue weighted by Gasteiger charge is -2.04. The van der Waals surface area contributed by atoms with Crippen molar-refractivity contribution >= 4 is 15.5 Å². The molecule has 2 rings (SSSR count). The van der Waals surface area contributed by atoms with Crippen LogP contribution in [0.3, 0.4) is 0 Å². The normalized spacial score (nSPS) is 11.7. The minimum Gasteiger partial charge on any atom is -0.360 e. The zero-order valence-corrected chi connectivity index (χ0v) is 11.3. The predicted molar refractivity (Wildman–Crippen MR) is 77.4 cm³/mol. The van der Waals surface area contributed by atoms with Crippen LogP contribution in [0.25, 0.3) is 0 Å². The van der Waals surface area contributed by atoms with Gasteiger partial charge in [-0.2, -0.15) is 5.26 Å². The second kappa shape index (κ2) is 6.04. The summed E-state index contributed by atoms with van der Waals surface area (Å²) in [5, 5.41) is 11.9. The van der Waals surface area contributed by atoms with Crippen LogP contribution in [0, 0.1) is 11.3 Å². The number of nitrogens with one attached hydrogen (secondary N) is 1.